The molecule has 0 atom stereocenters. The zero-order valence-electron chi connectivity index (χ0n) is 14.5. The second-order valence-corrected chi connectivity index (χ2v) is 7.09. The molecule has 0 saturated heterocycles. The molecule has 0 radical (unpaired) electrons. The second-order valence-electron chi connectivity index (χ2n) is 5.41. The summed E-state index contributed by atoms with van der Waals surface area (Å²) in [6.45, 7) is 4.81. The van der Waals surface area contributed by atoms with Crippen molar-refractivity contribution in [2.24, 2.45) is 0 Å². The van der Waals surface area contributed by atoms with E-state index in [1.54, 1.807) is 42.3 Å². The van der Waals surface area contributed by atoms with Crippen LogP contribution in [0.2, 0.25) is 0 Å². The fourth-order valence-electron chi connectivity index (χ4n) is 2.18. The predicted molar refractivity (Wildman–Crippen MR) is 97.5 cm³/mol. The van der Waals surface area contributed by atoms with E-state index in [-0.39, 0.29) is 10.8 Å². The van der Waals surface area contributed by atoms with E-state index >= 15 is 0 Å². The molecule has 0 aliphatic rings. The van der Waals surface area contributed by atoms with Gasteiger partial charge in [-0.1, -0.05) is 6.07 Å². The van der Waals surface area contributed by atoms with Gasteiger partial charge in [0.25, 0.3) is 15.9 Å². The third-order valence-corrected chi connectivity index (χ3v) is 5.03. The Morgan fingerprint density at radius 2 is 1.80 bits per heavy atom. The molecule has 0 aromatic heterocycles. The number of amides is 1. The average Bonchev–Trinajstić information content (AvgIpc) is 2.61. The minimum atomic E-state index is -3.74. The molecule has 25 heavy (non-hydrogen) atoms. The van der Waals surface area contributed by atoms with Gasteiger partial charge in [0.15, 0.2) is 0 Å². The number of nitrogens with one attached hydrogen (secondary N) is 1. The fourth-order valence-corrected chi connectivity index (χ4v) is 3.22. The minimum Gasteiger partial charge on any atom is -0.494 e. The number of anilines is 1. The molecule has 6 nitrogen and oxygen atoms in total. The SMILES string of the molecule is CCOc1ccc(S(=O)(=O)Nc2cccc(C(=O)N(C)CC)c2)cc1. The Morgan fingerprint density at radius 3 is 2.40 bits per heavy atom. The smallest absolute Gasteiger partial charge is 0.261 e. The van der Waals surface area contributed by atoms with Crippen molar-refractivity contribution in [2.75, 3.05) is 24.9 Å². The zero-order chi connectivity index (χ0) is 18.4. The number of hydrogen-bond acceptors (Lipinski definition) is 4. The van der Waals surface area contributed by atoms with Gasteiger partial charge in [-0.2, -0.15) is 0 Å². The summed E-state index contributed by atoms with van der Waals surface area (Å²) in [5, 5.41) is 0. The quantitative estimate of drug-likeness (QED) is 0.822. The van der Waals surface area contributed by atoms with Crippen molar-refractivity contribution < 1.29 is 17.9 Å². The van der Waals surface area contributed by atoms with Crippen LogP contribution in [0.3, 0.4) is 0 Å². The predicted octanol–water partition coefficient (Wildman–Crippen LogP) is 2.98. The van der Waals surface area contributed by atoms with Crippen LogP contribution in [0.4, 0.5) is 5.69 Å². The van der Waals surface area contributed by atoms with Crippen LogP contribution >= 0.6 is 0 Å². The first-order chi connectivity index (χ1) is 11.9. The average molecular weight is 362 g/mol. The number of hydrogen-bond donors (Lipinski definition) is 1. The summed E-state index contributed by atoms with van der Waals surface area (Å²) in [4.78, 5) is 13.9. The van der Waals surface area contributed by atoms with Gasteiger partial charge in [-0.05, 0) is 56.3 Å². The van der Waals surface area contributed by atoms with Crippen LogP contribution in [0, 0.1) is 0 Å². The van der Waals surface area contributed by atoms with E-state index in [1.807, 2.05) is 13.8 Å². The number of carbonyl (C=O) groups is 1. The summed E-state index contributed by atoms with van der Waals surface area (Å²) in [7, 11) is -2.05. The van der Waals surface area contributed by atoms with Crippen molar-refractivity contribution in [1.82, 2.24) is 4.90 Å². The van der Waals surface area contributed by atoms with E-state index in [4.69, 9.17) is 4.74 Å². The van der Waals surface area contributed by atoms with Crippen molar-refractivity contribution in [2.45, 2.75) is 18.7 Å². The van der Waals surface area contributed by atoms with Gasteiger partial charge in [-0.25, -0.2) is 8.42 Å². The lowest BCUT2D eigenvalue weighted by Gasteiger charge is -2.15. The van der Waals surface area contributed by atoms with Crippen LogP contribution in [-0.4, -0.2) is 39.4 Å². The van der Waals surface area contributed by atoms with Gasteiger partial charge in [0.2, 0.25) is 0 Å². The molecule has 134 valence electrons. The van der Waals surface area contributed by atoms with Gasteiger partial charge in [0, 0.05) is 24.8 Å². The van der Waals surface area contributed by atoms with Crippen molar-refractivity contribution in [3.63, 3.8) is 0 Å². The standard InChI is InChI=1S/C18H22N2O4S/c1-4-20(3)18(21)14-7-6-8-15(13-14)19-25(22,23)17-11-9-16(10-12-17)24-5-2/h6-13,19H,4-5H2,1-3H3. The van der Waals surface area contributed by atoms with Gasteiger partial charge in [-0.3, -0.25) is 9.52 Å². The number of carbonyl (C=O) groups excluding carboxylic acids is 1. The van der Waals surface area contributed by atoms with Gasteiger partial charge in [0.05, 0.1) is 11.5 Å². The summed E-state index contributed by atoms with van der Waals surface area (Å²) < 4.78 is 32.8. The summed E-state index contributed by atoms with van der Waals surface area (Å²) in [6, 6.07) is 12.6. The van der Waals surface area contributed by atoms with Crippen molar-refractivity contribution in [1.29, 1.82) is 0 Å². The maximum Gasteiger partial charge on any atom is 0.261 e. The Morgan fingerprint density at radius 1 is 1.12 bits per heavy atom. The molecule has 1 N–H and O–H groups in total. The highest BCUT2D eigenvalue weighted by Gasteiger charge is 2.16. The number of ether oxygens (including phenoxy) is 1. The Kier molecular flexibility index (Phi) is 6.03. The number of nitrogens with zero attached hydrogens (tertiary/aromatic N) is 1. The highest BCUT2D eigenvalue weighted by molar-refractivity contribution is 7.92. The summed E-state index contributed by atoms with van der Waals surface area (Å²) >= 11 is 0. The maximum atomic E-state index is 12.5. The second kappa shape index (κ2) is 8.02. The summed E-state index contributed by atoms with van der Waals surface area (Å²) in [5.41, 5.74) is 0.764. The third-order valence-electron chi connectivity index (χ3n) is 3.63. The molecule has 0 unspecified atom stereocenters. The Balaban J connectivity index is 2.21. The van der Waals surface area contributed by atoms with Crippen LogP contribution in [0.5, 0.6) is 5.75 Å². The zero-order valence-corrected chi connectivity index (χ0v) is 15.3. The molecule has 0 heterocycles. The molecule has 7 heteroatoms. The van der Waals surface area contributed by atoms with E-state index < -0.39 is 10.0 Å². The van der Waals surface area contributed by atoms with E-state index in [2.05, 4.69) is 4.72 Å². The summed E-state index contributed by atoms with van der Waals surface area (Å²) in [6.07, 6.45) is 0. The molecule has 1 amide bonds. The monoisotopic (exact) mass is 362 g/mol. The van der Waals surface area contributed by atoms with Gasteiger partial charge in [-0.15, -0.1) is 0 Å². The number of sulfonamides is 1. The Labute approximate surface area is 148 Å². The number of benzene rings is 2. The normalized spacial score (nSPS) is 11.0. The van der Waals surface area contributed by atoms with Crippen molar-refractivity contribution >= 4 is 21.6 Å². The third kappa shape index (κ3) is 4.73. The van der Waals surface area contributed by atoms with Crippen LogP contribution in [-0.2, 0) is 10.0 Å². The Bertz CT molecular complexity index is 832. The molecule has 2 rings (SSSR count). The molecule has 2 aromatic carbocycles. The minimum absolute atomic E-state index is 0.123. The molecular formula is C18H22N2O4S. The first-order valence-electron chi connectivity index (χ1n) is 7.98. The van der Waals surface area contributed by atoms with Crippen LogP contribution in [0.1, 0.15) is 24.2 Å². The van der Waals surface area contributed by atoms with Crippen LogP contribution in [0.25, 0.3) is 0 Å². The molecule has 0 fully saturated rings. The molecule has 0 saturated carbocycles. The topological polar surface area (TPSA) is 75.7 Å². The first kappa shape index (κ1) is 18.8. The highest BCUT2D eigenvalue weighted by atomic mass is 32.2. The van der Waals surface area contributed by atoms with Crippen molar-refractivity contribution in [3.8, 4) is 5.75 Å². The molecule has 0 spiro atoms. The summed E-state index contributed by atoms with van der Waals surface area (Å²) in [5.74, 6) is 0.446. The molecule has 0 bridgehead atoms. The van der Waals surface area contributed by atoms with E-state index in [9.17, 15) is 13.2 Å². The van der Waals surface area contributed by atoms with Gasteiger partial charge >= 0.3 is 0 Å². The largest absolute Gasteiger partial charge is 0.494 e. The highest BCUT2D eigenvalue weighted by Crippen LogP contribution is 2.20. The molecule has 0 aliphatic heterocycles. The van der Waals surface area contributed by atoms with Crippen LogP contribution < -0.4 is 9.46 Å². The maximum absolute atomic E-state index is 12.5. The number of rotatable bonds is 7. The molecule has 2 aromatic rings. The first-order valence-corrected chi connectivity index (χ1v) is 9.47. The molecular weight excluding hydrogens is 340 g/mol. The van der Waals surface area contributed by atoms with Gasteiger partial charge in [0.1, 0.15) is 5.75 Å². The lowest BCUT2D eigenvalue weighted by Crippen LogP contribution is -2.26. The Hall–Kier alpha value is -2.54. The van der Waals surface area contributed by atoms with Crippen LogP contribution in [0.15, 0.2) is 53.4 Å². The lowest BCUT2D eigenvalue weighted by molar-refractivity contribution is 0.0802. The van der Waals surface area contributed by atoms with E-state index in [1.165, 1.54) is 18.2 Å². The van der Waals surface area contributed by atoms with Crippen molar-refractivity contribution in [3.05, 3.63) is 54.1 Å². The lowest BCUT2D eigenvalue weighted by atomic mass is 10.2. The van der Waals surface area contributed by atoms with E-state index in [0.717, 1.165) is 0 Å². The van der Waals surface area contributed by atoms with E-state index in [0.29, 0.717) is 30.2 Å². The molecule has 0 aliphatic carbocycles. The van der Waals surface area contributed by atoms with Gasteiger partial charge < -0.3 is 9.64 Å². The fraction of sp³-hybridized carbons (Fsp3) is 0.278.